The summed E-state index contributed by atoms with van der Waals surface area (Å²) in [6, 6.07) is 5.26. The van der Waals surface area contributed by atoms with Crippen molar-refractivity contribution in [2.24, 2.45) is 5.41 Å². The third-order valence-corrected chi connectivity index (χ3v) is 3.38. The Labute approximate surface area is 124 Å². The molecule has 1 rings (SSSR count). The molecule has 0 aromatic heterocycles. The lowest BCUT2D eigenvalue weighted by Crippen LogP contribution is -2.31. The number of anilines is 1. The van der Waals surface area contributed by atoms with Gasteiger partial charge in [0.2, 0.25) is 11.7 Å². The normalized spacial score (nSPS) is 12.8. The highest BCUT2D eigenvalue weighted by Crippen LogP contribution is 2.40. The molecular formula is C15H20N2O4. The molecule has 0 heterocycles. The van der Waals surface area contributed by atoms with Gasteiger partial charge in [0.05, 0.1) is 27.4 Å². The Morgan fingerprint density at radius 3 is 2.10 bits per heavy atom. The van der Waals surface area contributed by atoms with Crippen molar-refractivity contribution in [1.29, 1.82) is 5.26 Å². The van der Waals surface area contributed by atoms with Crippen LogP contribution in [0.4, 0.5) is 5.69 Å². The highest BCUT2D eigenvalue weighted by atomic mass is 16.5. The molecular weight excluding hydrogens is 272 g/mol. The van der Waals surface area contributed by atoms with Gasteiger partial charge in [0, 0.05) is 17.8 Å². The Morgan fingerprint density at radius 1 is 1.24 bits per heavy atom. The minimum Gasteiger partial charge on any atom is -0.493 e. The Balaban J connectivity index is 3.16. The van der Waals surface area contributed by atoms with Crippen LogP contribution in [-0.4, -0.2) is 27.2 Å². The number of nitrogens with zero attached hydrogens (tertiary/aromatic N) is 1. The van der Waals surface area contributed by atoms with Crippen molar-refractivity contribution in [1.82, 2.24) is 0 Å². The molecule has 1 aromatic carbocycles. The van der Waals surface area contributed by atoms with Crippen LogP contribution >= 0.6 is 0 Å². The maximum absolute atomic E-state index is 12.2. The quantitative estimate of drug-likeness (QED) is 0.871. The van der Waals surface area contributed by atoms with Gasteiger partial charge in [0.1, 0.15) is 5.41 Å². The van der Waals surface area contributed by atoms with Crippen molar-refractivity contribution in [3.63, 3.8) is 0 Å². The van der Waals surface area contributed by atoms with Crippen molar-refractivity contribution in [3.05, 3.63) is 12.1 Å². The maximum atomic E-state index is 12.2. The van der Waals surface area contributed by atoms with Crippen molar-refractivity contribution in [3.8, 4) is 23.3 Å². The van der Waals surface area contributed by atoms with Crippen molar-refractivity contribution in [2.45, 2.75) is 20.3 Å². The van der Waals surface area contributed by atoms with E-state index in [-0.39, 0.29) is 5.91 Å². The second kappa shape index (κ2) is 6.84. The fourth-order valence-electron chi connectivity index (χ4n) is 1.71. The fraction of sp³-hybridized carbons (Fsp3) is 0.467. The largest absolute Gasteiger partial charge is 0.493 e. The van der Waals surface area contributed by atoms with Crippen LogP contribution in [0.25, 0.3) is 0 Å². The first-order valence-corrected chi connectivity index (χ1v) is 6.48. The van der Waals surface area contributed by atoms with E-state index < -0.39 is 5.41 Å². The summed E-state index contributed by atoms with van der Waals surface area (Å²) in [5.74, 6) is 0.933. The summed E-state index contributed by atoms with van der Waals surface area (Å²) in [6.45, 7) is 3.39. The lowest BCUT2D eigenvalue weighted by Gasteiger charge is -2.20. The second-order valence-corrected chi connectivity index (χ2v) is 4.67. The average Bonchev–Trinajstić information content (AvgIpc) is 2.52. The molecule has 1 unspecified atom stereocenters. The van der Waals surface area contributed by atoms with Gasteiger partial charge in [-0.2, -0.15) is 5.26 Å². The highest BCUT2D eigenvalue weighted by molar-refractivity contribution is 5.97. The van der Waals surface area contributed by atoms with Gasteiger partial charge in [-0.15, -0.1) is 0 Å². The molecule has 1 atom stereocenters. The number of benzene rings is 1. The van der Waals surface area contributed by atoms with Crippen LogP contribution in [-0.2, 0) is 4.79 Å². The fourth-order valence-corrected chi connectivity index (χ4v) is 1.71. The predicted molar refractivity (Wildman–Crippen MR) is 78.7 cm³/mol. The van der Waals surface area contributed by atoms with Crippen molar-refractivity contribution >= 4 is 11.6 Å². The zero-order chi connectivity index (χ0) is 16.0. The lowest BCUT2D eigenvalue weighted by atomic mass is 9.88. The zero-order valence-corrected chi connectivity index (χ0v) is 12.9. The molecule has 0 aliphatic rings. The second-order valence-electron chi connectivity index (χ2n) is 4.67. The molecule has 1 aromatic rings. The van der Waals surface area contributed by atoms with Gasteiger partial charge < -0.3 is 19.5 Å². The van der Waals surface area contributed by atoms with E-state index in [0.717, 1.165) is 0 Å². The molecule has 114 valence electrons. The molecule has 0 saturated carbocycles. The first kappa shape index (κ1) is 16.6. The lowest BCUT2D eigenvalue weighted by molar-refractivity contribution is -0.122. The predicted octanol–water partition coefficient (Wildman–Crippen LogP) is 2.59. The highest BCUT2D eigenvalue weighted by Gasteiger charge is 2.31. The first-order valence-electron chi connectivity index (χ1n) is 6.48. The smallest absolute Gasteiger partial charge is 0.244 e. The van der Waals surface area contributed by atoms with Gasteiger partial charge in [0.25, 0.3) is 0 Å². The topological polar surface area (TPSA) is 80.6 Å². The number of hydrogen-bond acceptors (Lipinski definition) is 5. The molecule has 21 heavy (non-hydrogen) atoms. The SMILES string of the molecule is CCC(C)(C#N)C(=O)Nc1cc(OC)c(OC)c(OC)c1. The van der Waals surface area contributed by atoms with E-state index in [1.165, 1.54) is 21.3 Å². The molecule has 0 fully saturated rings. The van der Waals surface area contributed by atoms with Crippen LogP contribution in [0, 0.1) is 16.7 Å². The summed E-state index contributed by atoms with van der Waals surface area (Å²) in [5.41, 5.74) is -0.607. The number of methoxy groups -OCH3 is 3. The maximum Gasteiger partial charge on any atom is 0.244 e. The Kier molecular flexibility index (Phi) is 5.42. The van der Waals surface area contributed by atoms with Crippen LogP contribution in [0.15, 0.2) is 12.1 Å². The van der Waals surface area contributed by atoms with Gasteiger partial charge in [-0.3, -0.25) is 4.79 Å². The number of amides is 1. The van der Waals surface area contributed by atoms with Crippen molar-refractivity contribution < 1.29 is 19.0 Å². The number of nitriles is 1. The van der Waals surface area contributed by atoms with Crippen molar-refractivity contribution in [2.75, 3.05) is 26.6 Å². The van der Waals surface area contributed by atoms with E-state index in [1.54, 1.807) is 26.0 Å². The number of rotatable bonds is 6. The van der Waals surface area contributed by atoms with Gasteiger partial charge in [-0.25, -0.2) is 0 Å². The van der Waals surface area contributed by atoms with Gasteiger partial charge in [0.15, 0.2) is 11.5 Å². The third-order valence-electron chi connectivity index (χ3n) is 3.38. The van der Waals surface area contributed by atoms with E-state index in [2.05, 4.69) is 5.32 Å². The molecule has 6 nitrogen and oxygen atoms in total. The van der Waals surface area contributed by atoms with E-state index in [9.17, 15) is 4.79 Å². The summed E-state index contributed by atoms with van der Waals surface area (Å²) in [5, 5.41) is 11.8. The number of ether oxygens (including phenoxy) is 3. The van der Waals surface area contributed by atoms with Crippen LogP contribution in [0.3, 0.4) is 0 Å². The number of hydrogen-bond donors (Lipinski definition) is 1. The molecule has 0 bridgehead atoms. The molecule has 1 N–H and O–H groups in total. The number of carbonyl (C=O) groups is 1. The van der Waals surface area contributed by atoms with Crippen LogP contribution in [0.2, 0.25) is 0 Å². The zero-order valence-electron chi connectivity index (χ0n) is 12.9. The summed E-state index contributed by atoms with van der Waals surface area (Å²) in [7, 11) is 4.49. The summed E-state index contributed by atoms with van der Waals surface area (Å²) < 4.78 is 15.6. The Bertz CT molecular complexity index is 540. The minimum atomic E-state index is -1.08. The average molecular weight is 292 g/mol. The van der Waals surface area contributed by atoms with E-state index in [0.29, 0.717) is 29.4 Å². The van der Waals surface area contributed by atoms with E-state index in [1.807, 2.05) is 6.07 Å². The molecule has 0 aliphatic heterocycles. The molecule has 6 heteroatoms. The summed E-state index contributed by atoms with van der Waals surface area (Å²) in [6.07, 6.45) is 0.416. The van der Waals surface area contributed by atoms with Gasteiger partial charge in [-0.1, -0.05) is 6.92 Å². The molecule has 1 amide bonds. The standard InChI is InChI=1S/C15H20N2O4/c1-6-15(2,9-16)14(18)17-10-7-11(19-3)13(21-5)12(8-10)20-4/h7-8H,6H2,1-5H3,(H,17,18). The third kappa shape index (κ3) is 3.37. The molecule has 0 saturated heterocycles. The van der Waals surface area contributed by atoms with E-state index in [4.69, 9.17) is 19.5 Å². The Morgan fingerprint density at radius 2 is 1.76 bits per heavy atom. The van der Waals surface area contributed by atoms with Crippen LogP contribution < -0.4 is 19.5 Å². The number of carbonyl (C=O) groups excluding carboxylic acids is 1. The van der Waals surface area contributed by atoms with Crippen LogP contribution in [0.5, 0.6) is 17.2 Å². The molecule has 0 aliphatic carbocycles. The van der Waals surface area contributed by atoms with Crippen LogP contribution in [0.1, 0.15) is 20.3 Å². The van der Waals surface area contributed by atoms with Gasteiger partial charge >= 0.3 is 0 Å². The monoisotopic (exact) mass is 292 g/mol. The first-order chi connectivity index (χ1) is 9.95. The van der Waals surface area contributed by atoms with Gasteiger partial charge in [-0.05, 0) is 13.3 Å². The number of nitrogens with one attached hydrogen (secondary N) is 1. The Hall–Kier alpha value is -2.42. The van der Waals surface area contributed by atoms with E-state index >= 15 is 0 Å². The summed E-state index contributed by atoms with van der Waals surface area (Å²) in [4.78, 5) is 12.2. The molecule has 0 radical (unpaired) electrons. The summed E-state index contributed by atoms with van der Waals surface area (Å²) >= 11 is 0. The minimum absolute atomic E-state index is 0.373. The molecule has 0 spiro atoms.